The van der Waals surface area contributed by atoms with Crippen molar-refractivity contribution in [1.29, 1.82) is 0 Å². The molecule has 1 atom stereocenters. The summed E-state index contributed by atoms with van der Waals surface area (Å²) in [5.41, 5.74) is -0.601. The van der Waals surface area contributed by atoms with Crippen LogP contribution in [0.15, 0.2) is 0 Å². The summed E-state index contributed by atoms with van der Waals surface area (Å²) in [6, 6.07) is 0. The van der Waals surface area contributed by atoms with Crippen LogP contribution in [0.5, 0.6) is 0 Å². The first-order valence-electron chi connectivity index (χ1n) is 4.98. The second-order valence-corrected chi connectivity index (χ2v) is 3.77. The first-order valence-corrected chi connectivity index (χ1v) is 4.98. The van der Waals surface area contributed by atoms with Gasteiger partial charge in [0.15, 0.2) is 0 Å². The molecule has 0 aromatic rings. The number of carboxylic acids is 1. The molecule has 0 amide bonds. The van der Waals surface area contributed by atoms with E-state index in [0.717, 1.165) is 25.7 Å². The van der Waals surface area contributed by atoms with Crippen LogP contribution in [0, 0.1) is 5.41 Å². The van der Waals surface area contributed by atoms with Crippen LogP contribution in [0.25, 0.3) is 0 Å². The fraction of sp³-hybridized carbons (Fsp3) is 0.900. The number of aliphatic carboxylic acids is 1. The molecular weight excluding hydrogens is 168 g/mol. The van der Waals surface area contributed by atoms with Gasteiger partial charge < -0.3 is 9.84 Å². The first-order chi connectivity index (χ1) is 6.13. The van der Waals surface area contributed by atoms with Crippen LogP contribution in [0.4, 0.5) is 0 Å². The van der Waals surface area contributed by atoms with Gasteiger partial charge in [0.2, 0.25) is 0 Å². The predicted molar refractivity (Wildman–Crippen MR) is 49.6 cm³/mol. The average Bonchev–Trinajstić information content (AvgIpc) is 2.53. The molecule has 0 aromatic heterocycles. The largest absolute Gasteiger partial charge is 0.481 e. The summed E-state index contributed by atoms with van der Waals surface area (Å²) in [6.45, 7) is 4.38. The van der Waals surface area contributed by atoms with Gasteiger partial charge >= 0.3 is 5.97 Å². The molecule has 1 N–H and O–H groups in total. The van der Waals surface area contributed by atoms with E-state index < -0.39 is 11.4 Å². The van der Waals surface area contributed by atoms with E-state index in [1.807, 2.05) is 13.8 Å². The first kappa shape index (κ1) is 10.5. The van der Waals surface area contributed by atoms with Crippen LogP contribution >= 0.6 is 0 Å². The Morgan fingerprint density at radius 2 is 2.08 bits per heavy atom. The van der Waals surface area contributed by atoms with Gasteiger partial charge in [0, 0.05) is 6.61 Å². The van der Waals surface area contributed by atoms with E-state index in [-0.39, 0.29) is 6.10 Å². The minimum atomic E-state index is -0.689. The zero-order valence-corrected chi connectivity index (χ0v) is 8.38. The molecule has 0 aliphatic heterocycles. The average molecular weight is 186 g/mol. The molecule has 13 heavy (non-hydrogen) atoms. The summed E-state index contributed by atoms with van der Waals surface area (Å²) in [7, 11) is 0. The Labute approximate surface area is 79.1 Å². The number of ether oxygens (including phenoxy) is 1. The highest BCUT2D eigenvalue weighted by Gasteiger charge is 2.46. The summed E-state index contributed by atoms with van der Waals surface area (Å²) in [5.74, 6) is -0.689. The standard InChI is InChI=1S/C10H18O3/c1-3-13-8(2)10(9(11)12)6-4-5-7-10/h8H,3-7H2,1-2H3,(H,11,12). The van der Waals surface area contributed by atoms with Gasteiger partial charge in [-0.15, -0.1) is 0 Å². The fourth-order valence-electron chi connectivity index (χ4n) is 2.21. The third-order valence-electron chi connectivity index (χ3n) is 3.12. The molecule has 1 saturated carbocycles. The summed E-state index contributed by atoms with van der Waals surface area (Å²) in [6.07, 6.45) is 3.41. The molecule has 1 unspecified atom stereocenters. The van der Waals surface area contributed by atoms with Gasteiger partial charge in [0.1, 0.15) is 0 Å². The van der Waals surface area contributed by atoms with Crippen molar-refractivity contribution in [2.75, 3.05) is 6.61 Å². The van der Waals surface area contributed by atoms with Crippen LogP contribution < -0.4 is 0 Å². The highest BCUT2D eigenvalue weighted by molar-refractivity contribution is 5.75. The molecule has 0 aromatic carbocycles. The van der Waals surface area contributed by atoms with Crippen LogP contribution in [-0.2, 0) is 9.53 Å². The third-order valence-corrected chi connectivity index (χ3v) is 3.12. The second-order valence-electron chi connectivity index (χ2n) is 3.77. The molecule has 3 heteroatoms. The van der Waals surface area contributed by atoms with Crippen molar-refractivity contribution in [2.45, 2.75) is 45.6 Å². The molecule has 0 bridgehead atoms. The number of rotatable bonds is 4. The van der Waals surface area contributed by atoms with Crippen molar-refractivity contribution < 1.29 is 14.6 Å². The van der Waals surface area contributed by atoms with Gasteiger partial charge in [-0.25, -0.2) is 0 Å². The highest BCUT2D eigenvalue weighted by atomic mass is 16.5. The second kappa shape index (κ2) is 4.09. The summed E-state index contributed by atoms with van der Waals surface area (Å²) in [5, 5.41) is 9.18. The van der Waals surface area contributed by atoms with E-state index in [4.69, 9.17) is 4.74 Å². The third kappa shape index (κ3) is 1.85. The normalized spacial score (nSPS) is 22.9. The van der Waals surface area contributed by atoms with Gasteiger partial charge in [0.25, 0.3) is 0 Å². The van der Waals surface area contributed by atoms with E-state index >= 15 is 0 Å². The molecule has 0 heterocycles. The molecule has 0 spiro atoms. The van der Waals surface area contributed by atoms with E-state index in [1.165, 1.54) is 0 Å². The Bertz CT molecular complexity index is 183. The van der Waals surface area contributed by atoms with Gasteiger partial charge in [0.05, 0.1) is 11.5 Å². The molecule has 0 saturated heterocycles. The monoisotopic (exact) mass is 186 g/mol. The minimum absolute atomic E-state index is 0.155. The van der Waals surface area contributed by atoms with Gasteiger partial charge in [-0.2, -0.15) is 0 Å². The molecule has 1 aliphatic rings. The van der Waals surface area contributed by atoms with E-state index in [1.54, 1.807) is 0 Å². The Morgan fingerprint density at radius 3 is 2.46 bits per heavy atom. The van der Waals surface area contributed by atoms with Gasteiger partial charge in [-0.05, 0) is 26.7 Å². The molecule has 0 radical (unpaired) electrons. The van der Waals surface area contributed by atoms with E-state index in [0.29, 0.717) is 6.61 Å². The smallest absolute Gasteiger partial charge is 0.312 e. The number of hydrogen-bond donors (Lipinski definition) is 1. The van der Waals surface area contributed by atoms with Crippen molar-refractivity contribution in [3.8, 4) is 0 Å². The van der Waals surface area contributed by atoms with E-state index in [2.05, 4.69) is 0 Å². The number of carbonyl (C=O) groups is 1. The number of hydrogen-bond acceptors (Lipinski definition) is 2. The van der Waals surface area contributed by atoms with Crippen molar-refractivity contribution in [3.63, 3.8) is 0 Å². The van der Waals surface area contributed by atoms with Gasteiger partial charge in [-0.3, -0.25) is 4.79 Å². The maximum Gasteiger partial charge on any atom is 0.312 e. The van der Waals surface area contributed by atoms with Crippen LogP contribution in [0.2, 0.25) is 0 Å². The maximum atomic E-state index is 11.2. The fourth-order valence-corrected chi connectivity index (χ4v) is 2.21. The summed E-state index contributed by atoms with van der Waals surface area (Å²) < 4.78 is 5.41. The van der Waals surface area contributed by atoms with E-state index in [9.17, 15) is 9.90 Å². The highest BCUT2D eigenvalue weighted by Crippen LogP contribution is 2.42. The van der Waals surface area contributed by atoms with Crippen LogP contribution in [-0.4, -0.2) is 23.8 Å². The van der Waals surface area contributed by atoms with Crippen molar-refractivity contribution in [2.24, 2.45) is 5.41 Å². The SMILES string of the molecule is CCOC(C)C1(C(=O)O)CCCC1. The van der Waals surface area contributed by atoms with Crippen LogP contribution in [0.3, 0.4) is 0 Å². The Hall–Kier alpha value is -0.570. The topological polar surface area (TPSA) is 46.5 Å². The summed E-state index contributed by atoms with van der Waals surface area (Å²) >= 11 is 0. The lowest BCUT2D eigenvalue weighted by molar-refractivity contribution is -0.158. The molecule has 1 fully saturated rings. The van der Waals surface area contributed by atoms with Crippen molar-refractivity contribution >= 4 is 5.97 Å². The minimum Gasteiger partial charge on any atom is -0.481 e. The lowest BCUT2D eigenvalue weighted by Crippen LogP contribution is -2.40. The zero-order chi connectivity index (χ0) is 9.90. The number of carboxylic acid groups (broad SMARTS) is 1. The van der Waals surface area contributed by atoms with Crippen molar-refractivity contribution in [3.05, 3.63) is 0 Å². The predicted octanol–water partition coefficient (Wildman–Crippen LogP) is 2.06. The Balaban J connectivity index is 2.71. The molecular formula is C10H18O3. The molecule has 3 nitrogen and oxygen atoms in total. The lowest BCUT2D eigenvalue weighted by Gasteiger charge is -2.30. The quantitative estimate of drug-likeness (QED) is 0.731. The molecule has 76 valence electrons. The van der Waals surface area contributed by atoms with Crippen LogP contribution in [0.1, 0.15) is 39.5 Å². The maximum absolute atomic E-state index is 11.2. The molecule has 1 aliphatic carbocycles. The van der Waals surface area contributed by atoms with Crippen molar-refractivity contribution in [1.82, 2.24) is 0 Å². The lowest BCUT2D eigenvalue weighted by atomic mass is 9.81. The zero-order valence-electron chi connectivity index (χ0n) is 8.38. The molecule has 1 rings (SSSR count). The Kier molecular flexibility index (Phi) is 3.31. The Morgan fingerprint density at radius 1 is 1.54 bits per heavy atom. The van der Waals surface area contributed by atoms with Gasteiger partial charge in [-0.1, -0.05) is 12.8 Å². The summed E-state index contributed by atoms with van der Waals surface area (Å²) in [4.78, 5) is 11.2.